The Kier molecular flexibility index (Phi) is 4.88. The topological polar surface area (TPSA) is 29.3 Å². The number of benzene rings is 1. The van der Waals surface area contributed by atoms with Crippen LogP contribution < -0.4 is 5.73 Å². The van der Waals surface area contributed by atoms with Crippen molar-refractivity contribution in [3.05, 3.63) is 35.1 Å². The minimum Gasteiger partial charge on any atom is -0.389 e. The van der Waals surface area contributed by atoms with Crippen LogP contribution in [0.25, 0.3) is 0 Å². The summed E-state index contributed by atoms with van der Waals surface area (Å²) in [7, 11) is 0. The van der Waals surface area contributed by atoms with E-state index in [9.17, 15) is 4.39 Å². The van der Waals surface area contributed by atoms with E-state index < -0.39 is 0 Å². The Morgan fingerprint density at radius 3 is 2.63 bits per heavy atom. The van der Waals surface area contributed by atoms with Crippen LogP contribution in [0, 0.1) is 11.7 Å². The highest BCUT2D eigenvalue weighted by Crippen LogP contribution is 2.21. The number of rotatable bonds is 4. The van der Waals surface area contributed by atoms with Crippen LogP contribution in [0.2, 0.25) is 0 Å². The fourth-order valence-electron chi connectivity index (χ4n) is 2.69. The lowest BCUT2D eigenvalue weighted by Gasteiger charge is -2.31. The summed E-state index contributed by atoms with van der Waals surface area (Å²) >= 11 is 4.91. The van der Waals surface area contributed by atoms with Gasteiger partial charge in [0.2, 0.25) is 0 Å². The van der Waals surface area contributed by atoms with Crippen LogP contribution in [0.1, 0.15) is 37.3 Å². The molecule has 0 bridgehead atoms. The highest BCUT2D eigenvalue weighted by atomic mass is 32.1. The minimum absolute atomic E-state index is 0.255. The van der Waals surface area contributed by atoms with E-state index in [1.54, 1.807) is 6.07 Å². The van der Waals surface area contributed by atoms with E-state index >= 15 is 0 Å². The van der Waals surface area contributed by atoms with Crippen LogP contribution in [0.15, 0.2) is 18.2 Å². The standard InChI is InChI=1S/C15H21FN2S/c1-2-11-3-5-18(6-4-11)10-12-7-13(15(17)19)9-14(16)8-12/h7-9,11H,2-6,10H2,1H3,(H2,17,19). The Bertz CT molecular complexity index is 453. The molecule has 0 saturated carbocycles. The van der Waals surface area contributed by atoms with Crippen LogP contribution in [0.5, 0.6) is 0 Å². The van der Waals surface area contributed by atoms with Gasteiger partial charge in [0.25, 0.3) is 0 Å². The van der Waals surface area contributed by atoms with Gasteiger partial charge in [0.15, 0.2) is 0 Å². The molecule has 1 saturated heterocycles. The van der Waals surface area contributed by atoms with Crippen molar-refractivity contribution in [1.82, 2.24) is 4.90 Å². The zero-order chi connectivity index (χ0) is 13.8. The smallest absolute Gasteiger partial charge is 0.124 e. The molecular formula is C15H21FN2S. The molecule has 2 rings (SSSR count). The third-order valence-electron chi connectivity index (χ3n) is 3.93. The predicted octanol–water partition coefficient (Wildman–Crippen LogP) is 3.08. The van der Waals surface area contributed by atoms with Gasteiger partial charge in [0.1, 0.15) is 10.8 Å². The number of nitrogens with zero attached hydrogens (tertiary/aromatic N) is 1. The average Bonchev–Trinajstić information content (AvgIpc) is 2.39. The molecule has 1 aromatic rings. The number of likely N-dealkylation sites (tertiary alicyclic amines) is 1. The SMILES string of the molecule is CCC1CCN(Cc2cc(F)cc(C(N)=S)c2)CC1. The second kappa shape index (κ2) is 6.44. The molecule has 1 aliphatic rings. The van der Waals surface area contributed by atoms with Gasteiger partial charge in [0, 0.05) is 12.1 Å². The lowest BCUT2D eigenvalue weighted by Crippen LogP contribution is -2.33. The summed E-state index contributed by atoms with van der Waals surface area (Å²) in [4.78, 5) is 2.63. The molecule has 19 heavy (non-hydrogen) atoms. The van der Waals surface area contributed by atoms with Crippen LogP contribution in [-0.4, -0.2) is 23.0 Å². The second-order valence-electron chi connectivity index (χ2n) is 5.34. The van der Waals surface area contributed by atoms with Gasteiger partial charge in [-0.2, -0.15) is 0 Å². The van der Waals surface area contributed by atoms with E-state index in [2.05, 4.69) is 11.8 Å². The first kappa shape index (κ1) is 14.4. The van der Waals surface area contributed by atoms with Gasteiger partial charge in [-0.1, -0.05) is 25.6 Å². The largest absolute Gasteiger partial charge is 0.389 e. The maximum absolute atomic E-state index is 13.5. The monoisotopic (exact) mass is 280 g/mol. The maximum Gasteiger partial charge on any atom is 0.124 e. The quantitative estimate of drug-likeness (QED) is 0.859. The molecule has 1 aromatic carbocycles. The van der Waals surface area contributed by atoms with E-state index in [1.165, 1.54) is 25.3 Å². The van der Waals surface area contributed by atoms with Crippen molar-refractivity contribution in [2.24, 2.45) is 11.7 Å². The summed E-state index contributed by atoms with van der Waals surface area (Å²) in [6.45, 7) is 5.22. The maximum atomic E-state index is 13.5. The molecule has 0 amide bonds. The molecule has 2 nitrogen and oxygen atoms in total. The van der Waals surface area contributed by atoms with E-state index in [0.717, 1.165) is 31.1 Å². The molecular weight excluding hydrogens is 259 g/mol. The Balaban J connectivity index is 2.01. The van der Waals surface area contributed by atoms with Gasteiger partial charge in [-0.05, 0) is 55.6 Å². The predicted molar refractivity (Wildman–Crippen MR) is 80.6 cm³/mol. The number of hydrogen-bond donors (Lipinski definition) is 1. The van der Waals surface area contributed by atoms with E-state index in [1.807, 2.05) is 6.07 Å². The summed E-state index contributed by atoms with van der Waals surface area (Å²) in [6, 6.07) is 4.88. The van der Waals surface area contributed by atoms with Gasteiger partial charge in [-0.15, -0.1) is 0 Å². The Labute approximate surface area is 119 Å². The Morgan fingerprint density at radius 1 is 1.37 bits per heavy atom. The van der Waals surface area contributed by atoms with Crippen LogP contribution >= 0.6 is 12.2 Å². The van der Waals surface area contributed by atoms with Crippen LogP contribution in [-0.2, 0) is 6.54 Å². The first-order valence-corrected chi connectivity index (χ1v) is 7.31. The molecule has 4 heteroatoms. The molecule has 1 fully saturated rings. The summed E-state index contributed by atoms with van der Waals surface area (Å²) in [6.07, 6.45) is 3.75. The molecule has 0 unspecified atom stereocenters. The summed E-state index contributed by atoms with van der Waals surface area (Å²) < 4.78 is 13.5. The summed E-state index contributed by atoms with van der Waals surface area (Å²) in [5, 5.41) is 0. The van der Waals surface area contributed by atoms with Crippen molar-refractivity contribution in [1.29, 1.82) is 0 Å². The molecule has 0 aromatic heterocycles. The minimum atomic E-state index is -0.260. The van der Waals surface area contributed by atoms with Crippen molar-refractivity contribution in [2.45, 2.75) is 32.7 Å². The normalized spacial score (nSPS) is 17.6. The molecule has 0 radical (unpaired) electrons. The third-order valence-corrected chi connectivity index (χ3v) is 4.17. The second-order valence-corrected chi connectivity index (χ2v) is 5.78. The fourth-order valence-corrected chi connectivity index (χ4v) is 2.81. The van der Waals surface area contributed by atoms with Gasteiger partial charge < -0.3 is 5.73 Å². The van der Waals surface area contributed by atoms with Crippen molar-refractivity contribution < 1.29 is 4.39 Å². The van der Waals surface area contributed by atoms with Crippen LogP contribution in [0.4, 0.5) is 4.39 Å². The Hall–Kier alpha value is -1.00. The lowest BCUT2D eigenvalue weighted by atomic mass is 9.94. The van der Waals surface area contributed by atoms with Crippen molar-refractivity contribution in [2.75, 3.05) is 13.1 Å². The van der Waals surface area contributed by atoms with E-state index in [4.69, 9.17) is 18.0 Å². The number of nitrogens with two attached hydrogens (primary N) is 1. The van der Waals surface area contributed by atoms with Gasteiger partial charge in [-0.3, -0.25) is 4.90 Å². The number of hydrogen-bond acceptors (Lipinski definition) is 2. The summed E-state index contributed by atoms with van der Waals surface area (Å²) in [5.41, 5.74) is 7.15. The third kappa shape index (κ3) is 3.98. The summed E-state index contributed by atoms with van der Waals surface area (Å²) in [5.74, 6) is 0.597. The molecule has 0 atom stereocenters. The Morgan fingerprint density at radius 2 is 2.05 bits per heavy atom. The molecule has 0 spiro atoms. The molecule has 0 aliphatic carbocycles. The lowest BCUT2D eigenvalue weighted by molar-refractivity contribution is 0.175. The average molecular weight is 280 g/mol. The van der Waals surface area contributed by atoms with Gasteiger partial charge in [0.05, 0.1) is 0 Å². The zero-order valence-electron chi connectivity index (χ0n) is 11.4. The van der Waals surface area contributed by atoms with Crippen molar-refractivity contribution >= 4 is 17.2 Å². The van der Waals surface area contributed by atoms with Crippen LogP contribution in [0.3, 0.4) is 0 Å². The number of piperidine rings is 1. The highest BCUT2D eigenvalue weighted by molar-refractivity contribution is 7.80. The van der Waals surface area contributed by atoms with Gasteiger partial charge >= 0.3 is 0 Å². The van der Waals surface area contributed by atoms with Gasteiger partial charge in [-0.25, -0.2) is 4.39 Å². The van der Waals surface area contributed by atoms with E-state index in [0.29, 0.717) is 5.56 Å². The zero-order valence-corrected chi connectivity index (χ0v) is 12.2. The number of halogens is 1. The molecule has 2 N–H and O–H groups in total. The molecule has 1 heterocycles. The van der Waals surface area contributed by atoms with Crippen molar-refractivity contribution in [3.8, 4) is 0 Å². The molecule has 104 valence electrons. The first-order valence-electron chi connectivity index (χ1n) is 6.90. The fraction of sp³-hybridized carbons (Fsp3) is 0.533. The number of thiocarbonyl (C=S) groups is 1. The molecule has 1 aliphatic heterocycles. The van der Waals surface area contributed by atoms with E-state index in [-0.39, 0.29) is 10.8 Å². The highest BCUT2D eigenvalue weighted by Gasteiger charge is 2.18. The van der Waals surface area contributed by atoms with Crippen molar-refractivity contribution in [3.63, 3.8) is 0 Å². The first-order chi connectivity index (χ1) is 9.08.